The zero-order valence-electron chi connectivity index (χ0n) is 11.4. The molecule has 1 saturated heterocycles. The minimum Gasteiger partial charge on any atom is -0.480 e. The minimum absolute atomic E-state index is 0.0653. The standard InChI is InChI=1S/C10H21NO5Si2/c1-10(2,3)9(17)18(15)11-5(7(12)13)6(11)8(14)16-4/h5-6,9,15,18H,1-4,17H3,(H,12,13)/t5-,6+,9?,11?,18?/m0/s1. The Bertz CT molecular complexity index is 357. The van der Waals surface area contributed by atoms with E-state index in [9.17, 15) is 14.4 Å². The molecule has 0 aliphatic carbocycles. The van der Waals surface area contributed by atoms with E-state index in [4.69, 9.17) is 5.11 Å². The number of carbonyl (C=O) groups is 2. The molecule has 18 heavy (non-hydrogen) atoms. The first-order valence-corrected chi connectivity index (χ1v) is 8.74. The summed E-state index contributed by atoms with van der Waals surface area (Å²) in [7, 11) is -0.412. The van der Waals surface area contributed by atoms with E-state index in [-0.39, 0.29) is 10.6 Å². The van der Waals surface area contributed by atoms with Crippen molar-refractivity contribution in [1.82, 2.24) is 4.57 Å². The lowest BCUT2D eigenvalue weighted by atomic mass is 10.00. The lowest BCUT2D eigenvalue weighted by Gasteiger charge is -2.30. The summed E-state index contributed by atoms with van der Waals surface area (Å²) >= 11 is 0. The van der Waals surface area contributed by atoms with Crippen LogP contribution in [-0.2, 0) is 14.3 Å². The fourth-order valence-electron chi connectivity index (χ4n) is 1.92. The zero-order chi connectivity index (χ0) is 14.2. The van der Waals surface area contributed by atoms with Gasteiger partial charge in [0.2, 0.25) is 0 Å². The number of carbonyl (C=O) groups excluding carboxylic acids is 1. The highest BCUT2D eigenvalue weighted by atomic mass is 28.3. The molecule has 1 heterocycles. The van der Waals surface area contributed by atoms with Gasteiger partial charge in [0, 0.05) is 10.2 Å². The van der Waals surface area contributed by atoms with Crippen molar-refractivity contribution < 1.29 is 24.2 Å². The van der Waals surface area contributed by atoms with E-state index in [1.54, 1.807) is 0 Å². The first-order valence-electron chi connectivity index (χ1n) is 5.89. The zero-order valence-corrected chi connectivity index (χ0v) is 14.5. The molecule has 0 aromatic carbocycles. The van der Waals surface area contributed by atoms with E-state index in [0.717, 1.165) is 10.2 Å². The second kappa shape index (κ2) is 5.12. The Morgan fingerprint density at radius 3 is 2.22 bits per heavy atom. The van der Waals surface area contributed by atoms with E-state index in [0.29, 0.717) is 0 Å². The number of esters is 1. The summed E-state index contributed by atoms with van der Waals surface area (Å²) in [6, 6.07) is -1.70. The third kappa shape index (κ3) is 2.82. The summed E-state index contributed by atoms with van der Waals surface area (Å²) in [5.74, 6) is -1.64. The van der Waals surface area contributed by atoms with Crippen LogP contribution in [0.3, 0.4) is 0 Å². The van der Waals surface area contributed by atoms with Gasteiger partial charge in [0.1, 0.15) is 12.1 Å². The third-order valence-corrected chi connectivity index (χ3v) is 10.3. The lowest BCUT2D eigenvalue weighted by Crippen LogP contribution is -2.40. The number of ether oxygens (including phenoxy) is 1. The Kier molecular flexibility index (Phi) is 4.36. The predicted octanol–water partition coefficient (Wildman–Crippen LogP) is -1.75. The van der Waals surface area contributed by atoms with Gasteiger partial charge in [-0.15, -0.1) is 0 Å². The SMILES string of the molecule is COC(=O)[C@H]1[C@@H](C(=O)O)N1[SiH](O)C([SiH3])C(C)(C)C. The van der Waals surface area contributed by atoms with Crippen molar-refractivity contribution in [3.8, 4) is 0 Å². The number of carboxylic acid groups (broad SMARTS) is 1. The summed E-state index contributed by atoms with van der Waals surface area (Å²) in [6.07, 6.45) is 0. The molecule has 0 amide bonds. The van der Waals surface area contributed by atoms with Gasteiger partial charge < -0.3 is 14.6 Å². The fourth-order valence-corrected chi connectivity index (χ4v) is 5.52. The van der Waals surface area contributed by atoms with Gasteiger partial charge in [0.05, 0.1) is 7.11 Å². The number of carboxylic acids is 1. The van der Waals surface area contributed by atoms with Crippen molar-refractivity contribution >= 4 is 31.4 Å². The molecule has 1 aliphatic rings. The second-order valence-electron chi connectivity index (χ2n) is 5.77. The number of nitrogens with zero attached hydrogens (tertiary/aromatic N) is 1. The van der Waals surface area contributed by atoms with Crippen molar-refractivity contribution in [2.45, 2.75) is 38.0 Å². The molecule has 104 valence electrons. The number of hydrogen-bond acceptors (Lipinski definition) is 5. The Balaban J connectivity index is 2.83. The molecule has 0 radical (unpaired) electrons. The maximum Gasteiger partial charge on any atom is 0.324 e. The van der Waals surface area contributed by atoms with E-state index >= 15 is 0 Å². The first kappa shape index (κ1) is 15.4. The van der Waals surface area contributed by atoms with Crippen LogP contribution in [0.5, 0.6) is 0 Å². The van der Waals surface area contributed by atoms with Gasteiger partial charge >= 0.3 is 11.9 Å². The molecule has 0 aromatic rings. The molecule has 1 aliphatic heterocycles. The van der Waals surface area contributed by atoms with Crippen molar-refractivity contribution in [3.63, 3.8) is 0 Å². The Morgan fingerprint density at radius 2 is 1.89 bits per heavy atom. The van der Waals surface area contributed by atoms with E-state index < -0.39 is 33.2 Å². The third-order valence-electron chi connectivity index (χ3n) is 3.67. The molecule has 3 unspecified atom stereocenters. The van der Waals surface area contributed by atoms with Crippen LogP contribution in [0.25, 0.3) is 0 Å². The van der Waals surface area contributed by atoms with Crippen LogP contribution in [0.1, 0.15) is 20.8 Å². The summed E-state index contributed by atoms with van der Waals surface area (Å²) in [5.41, 5.74) is -0.0653. The van der Waals surface area contributed by atoms with Crippen LogP contribution in [-0.4, -0.2) is 65.0 Å². The lowest BCUT2D eigenvalue weighted by molar-refractivity contribution is -0.143. The van der Waals surface area contributed by atoms with E-state index in [1.165, 1.54) is 11.7 Å². The second-order valence-corrected chi connectivity index (χ2v) is 10.8. The fraction of sp³-hybridized carbons (Fsp3) is 0.800. The smallest absolute Gasteiger partial charge is 0.324 e. The molecule has 1 fully saturated rings. The summed E-state index contributed by atoms with van der Waals surface area (Å²) in [6.45, 7) is 6.06. The summed E-state index contributed by atoms with van der Waals surface area (Å²) in [4.78, 5) is 32.9. The highest BCUT2D eigenvalue weighted by Crippen LogP contribution is 2.38. The summed E-state index contributed by atoms with van der Waals surface area (Å²) < 4.78 is 6.03. The van der Waals surface area contributed by atoms with Crippen molar-refractivity contribution in [2.75, 3.05) is 7.11 Å². The normalized spacial score (nSPS) is 30.6. The Morgan fingerprint density at radius 1 is 1.39 bits per heavy atom. The molecule has 0 spiro atoms. The number of aliphatic carboxylic acids is 1. The minimum atomic E-state index is -2.41. The van der Waals surface area contributed by atoms with E-state index in [2.05, 4.69) is 4.74 Å². The van der Waals surface area contributed by atoms with Crippen LogP contribution in [0.4, 0.5) is 0 Å². The molecule has 0 aromatic heterocycles. The average Bonchev–Trinajstić information content (AvgIpc) is 2.99. The Hall–Kier alpha value is -0.706. The van der Waals surface area contributed by atoms with Crippen molar-refractivity contribution in [3.05, 3.63) is 0 Å². The van der Waals surface area contributed by atoms with Gasteiger partial charge in [-0.25, -0.2) is 0 Å². The molecule has 1 rings (SSSR count). The molecule has 0 saturated carbocycles. The molecular weight excluding hydrogens is 270 g/mol. The van der Waals surface area contributed by atoms with Gasteiger partial charge in [-0.2, -0.15) is 0 Å². The number of hydrogen-bond donors (Lipinski definition) is 2. The highest BCUT2D eigenvalue weighted by Gasteiger charge is 2.62. The van der Waals surface area contributed by atoms with Crippen molar-refractivity contribution in [2.24, 2.45) is 5.41 Å². The van der Waals surface area contributed by atoms with Gasteiger partial charge in [0.15, 0.2) is 0 Å². The van der Waals surface area contributed by atoms with Crippen LogP contribution in [0.15, 0.2) is 0 Å². The van der Waals surface area contributed by atoms with Gasteiger partial charge in [-0.1, -0.05) is 20.8 Å². The summed E-state index contributed by atoms with van der Waals surface area (Å²) in [5, 5.41) is 9.15. The molecule has 8 heteroatoms. The number of methoxy groups -OCH3 is 1. The maximum absolute atomic E-state index is 11.5. The van der Waals surface area contributed by atoms with Crippen LogP contribution >= 0.6 is 0 Å². The largest absolute Gasteiger partial charge is 0.480 e. The van der Waals surface area contributed by atoms with Gasteiger partial charge in [0.25, 0.3) is 9.20 Å². The predicted molar refractivity (Wildman–Crippen MR) is 71.6 cm³/mol. The monoisotopic (exact) mass is 291 g/mol. The van der Waals surface area contributed by atoms with Crippen molar-refractivity contribution in [1.29, 1.82) is 0 Å². The molecule has 5 atom stereocenters. The van der Waals surface area contributed by atoms with Gasteiger partial charge in [-0.3, -0.25) is 14.2 Å². The van der Waals surface area contributed by atoms with Crippen LogP contribution < -0.4 is 0 Å². The molecule has 2 N–H and O–H groups in total. The average molecular weight is 291 g/mol. The highest BCUT2D eigenvalue weighted by molar-refractivity contribution is 6.60. The number of rotatable bonds is 4. The van der Waals surface area contributed by atoms with E-state index in [1.807, 2.05) is 20.8 Å². The molecule has 6 nitrogen and oxygen atoms in total. The quantitative estimate of drug-likeness (QED) is 0.363. The maximum atomic E-state index is 11.5. The molecular formula is C10H21NO5Si2. The topological polar surface area (TPSA) is 86.8 Å². The Labute approximate surface area is 111 Å². The molecule has 0 bridgehead atoms. The van der Waals surface area contributed by atoms with Crippen LogP contribution in [0.2, 0.25) is 5.16 Å². The van der Waals surface area contributed by atoms with Crippen LogP contribution in [0, 0.1) is 5.41 Å². The van der Waals surface area contributed by atoms with Gasteiger partial charge in [-0.05, 0) is 10.6 Å². The first-order chi connectivity index (χ1) is 8.12.